The largest absolute Gasteiger partial charge is 0.465 e. The van der Waals surface area contributed by atoms with E-state index in [1.54, 1.807) is 31.2 Å². The fourth-order valence-electron chi connectivity index (χ4n) is 1.57. The monoisotopic (exact) mass is 330 g/mol. The number of esters is 1. The first-order chi connectivity index (χ1) is 9.77. The van der Waals surface area contributed by atoms with Crippen molar-refractivity contribution >= 4 is 34.2 Å². The van der Waals surface area contributed by atoms with Crippen molar-refractivity contribution in [2.45, 2.75) is 26.5 Å². The van der Waals surface area contributed by atoms with Crippen LogP contribution in [0.3, 0.4) is 0 Å². The Kier molecular flexibility index (Phi) is 6.55. The van der Waals surface area contributed by atoms with Crippen LogP contribution in [0.1, 0.15) is 26.3 Å². The van der Waals surface area contributed by atoms with Crippen molar-refractivity contribution in [1.82, 2.24) is 0 Å². The Morgan fingerprint density at radius 2 is 1.81 bits per heavy atom. The fourth-order valence-corrected chi connectivity index (χ4v) is 3.02. The molecule has 0 aliphatic rings. The maximum absolute atomic E-state index is 12.1. The van der Waals surface area contributed by atoms with Crippen LogP contribution in [0.25, 0.3) is 0 Å². The summed E-state index contributed by atoms with van der Waals surface area (Å²) in [4.78, 5) is 23.8. The highest BCUT2D eigenvalue weighted by Gasteiger charge is 2.37. The molecule has 1 atom stereocenters. The van der Waals surface area contributed by atoms with Crippen LogP contribution in [0.15, 0.2) is 24.3 Å². The average molecular weight is 331 g/mol. The third-order valence-electron chi connectivity index (χ3n) is 3.02. The molecule has 0 bridgehead atoms. The highest BCUT2D eigenvalue weighted by Crippen LogP contribution is 2.20. The summed E-state index contributed by atoms with van der Waals surface area (Å²) < 4.78 is 16.9. The molecule has 4 nitrogen and oxygen atoms in total. The third kappa shape index (κ3) is 5.25. The van der Waals surface area contributed by atoms with Crippen molar-refractivity contribution in [2.24, 2.45) is 5.41 Å². The first kappa shape index (κ1) is 17.9. The van der Waals surface area contributed by atoms with Crippen LogP contribution in [0.2, 0.25) is 5.02 Å². The van der Waals surface area contributed by atoms with E-state index in [0.29, 0.717) is 5.02 Å². The van der Waals surface area contributed by atoms with Gasteiger partial charge < -0.3 is 4.74 Å². The summed E-state index contributed by atoms with van der Waals surface area (Å²) >= 11 is 5.78. The molecule has 0 spiro atoms. The van der Waals surface area contributed by atoms with Gasteiger partial charge in [-0.1, -0.05) is 23.7 Å². The number of hydrogen-bond donors (Lipinski definition) is 0. The normalized spacial score (nSPS) is 12.8. The quantitative estimate of drug-likeness (QED) is 0.569. The molecule has 0 aliphatic carbocycles. The van der Waals surface area contributed by atoms with Crippen LogP contribution < -0.4 is 0 Å². The highest BCUT2D eigenvalue weighted by atomic mass is 35.5. The van der Waals surface area contributed by atoms with Gasteiger partial charge in [-0.15, -0.1) is 0 Å². The van der Waals surface area contributed by atoms with Crippen LogP contribution >= 0.6 is 11.6 Å². The smallest absolute Gasteiger partial charge is 0.319 e. The van der Waals surface area contributed by atoms with Crippen molar-refractivity contribution < 1.29 is 18.5 Å². The van der Waals surface area contributed by atoms with Gasteiger partial charge in [-0.2, -0.15) is 0 Å². The fraction of sp³-hybridized carbons (Fsp3) is 0.467. The maximum Gasteiger partial charge on any atom is 0.319 e. The second-order valence-electron chi connectivity index (χ2n) is 5.12. The van der Waals surface area contributed by atoms with E-state index < -0.39 is 22.2 Å². The summed E-state index contributed by atoms with van der Waals surface area (Å²) in [5.41, 5.74) is -0.439. The number of ether oxygens (including phenoxy) is 1. The van der Waals surface area contributed by atoms with Crippen molar-refractivity contribution in [3.05, 3.63) is 34.9 Å². The zero-order valence-electron chi connectivity index (χ0n) is 12.3. The Labute approximate surface area is 132 Å². The number of carbonyl (C=O) groups is 2. The molecule has 6 heteroatoms. The Bertz CT molecular complexity index is 537. The van der Waals surface area contributed by atoms with Crippen molar-refractivity contribution in [2.75, 3.05) is 12.4 Å². The van der Waals surface area contributed by atoms with E-state index >= 15 is 0 Å². The summed E-state index contributed by atoms with van der Waals surface area (Å²) in [5, 5.41) is 0.601. The lowest BCUT2D eigenvalue weighted by atomic mass is 9.89. The highest BCUT2D eigenvalue weighted by molar-refractivity contribution is 7.84. The predicted molar refractivity (Wildman–Crippen MR) is 83.6 cm³/mol. The number of halogens is 1. The number of rotatable bonds is 7. The van der Waals surface area contributed by atoms with E-state index in [4.69, 9.17) is 16.3 Å². The molecule has 0 amide bonds. The van der Waals surface area contributed by atoms with Gasteiger partial charge in [0.1, 0.15) is 5.41 Å². The lowest BCUT2D eigenvalue weighted by Gasteiger charge is -2.20. The summed E-state index contributed by atoms with van der Waals surface area (Å²) in [5.74, 6) is -0.886. The Morgan fingerprint density at radius 1 is 1.24 bits per heavy atom. The van der Waals surface area contributed by atoms with Crippen LogP contribution in [0.5, 0.6) is 0 Å². The minimum absolute atomic E-state index is 0.172. The number of ketones is 1. The number of Topliss-reactive ketones (excluding diaryl/α,β-unsaturated/α-hetero) is 1. The number of hydrogen-bond acceptors (Lipinski definition) is 4. The zero-order chi connectivity index (χ0) is 16.0. The van der Waals surface area contributed by atoms with Crippen LogP contribution in [0.4, 0.5) is 0 Å². The number of benzene rings is 1. The average Bonchev–Trinajstić information content (AvgIpc) is 2.41. The Morgan fingerprint density at radius 3 is 2.33 bits per heavy atom. The molecule has 1 unspecified atom stereocenters. The van der Waals surface area contributed by atoms with Gasteiger partial charge in [0, 0.05) is 21.6 Å². The third-order valence-corrected chi connectivity index (χ3v) is 4.51. The molecule has 0 heterocycles. The molecule has 0 aromatic heterocycles. The Hall–Kier alpha value is -1.20. The first-order valence-corrected chi connectivity index (χ1v) is 8.44. The summed E-state index contributed by atoms with van der Waals surface area (Å²) in [6.45, 7) is 4.88. The van der Waals surface area contributed by atoms with Crippen LogP contribution in [0, 0.1) is 5.41 Å². The predicted octanol–water partition coefficient (Wildman–Crippen LogP) is 2.75. The van der Waals surface area contributed by atoms with E-state index in [1.165, 1.54) is 13.8 Å². The second kappa shape index (κ2) is 7.71. The molecule has 0 fully saturated rings. The molecule has 0 N–H and O–H groups in total. The lowest BCUT2D eigenvalue weighted by molar-refractivity contribution is -0.157. The molecule has 0 saturated carbocycles. The molecule has 1 aromatic rings. The minimum Gasteiger partial charge on any atom is -0.465 e. The van der Waals surface area contributed by atoms with Crippen LogP contribution in [-0.2, 0) is 30.9 Å². The van der Waals surface area contributed by atoms with Gasteiger partial charge in [0.25, 0.3) is 0 Å². The first-order valence-electron chi connectivity index (χ1n) is 6.57. The van der Waals surface area contributed by atoms with E-state index in [2.05, 4.69) is 0 Å². The summed E-state index contributed by atoms with van der Waals surface area (Å²) in [7, 11) is -1.38. The van der Waals surface area contributed by atoms with Gasteiger partial charge in [0.15, 0.2) is 5.78 Å². The van der Waals surface area contributed by atoms with Crippen molar-refractivity contribution in [1.29, 1.82) is 0 Å². The van der Waals surface area contributed by atoms with Crippen molar-refractivity contribution in [3.8, 4) is 0 Å². The molecule has 0 aliphatic heterocycles. The molecule has 0 radical (unpaired) electrons. The minimum atomic E-state index is -1.38. The van der Waals surface area contributed by atoms with Gasteiger partial charge in [-0.05, 0) is 38.5 Å². The lowest BCUT2D eigenvalue weighted by Crippen LogP contribution is -2.38. The van der Waals surface area contributed by atoms with E-state index in [9.17, 15) is 13.8 Å². The SMILES string of the molecule is CCOC(=O)C(C)(C)C(=O)CS(=O)Cc1ccc(Cl)cc1. The molecular weight excluding hydrogens is 312 g/mol. The Balaban J connectivity index is 2.63. The molecule has 1 aromatic carbocycles. The molecule has 1 rings (SSSR count). The van der Waals surface area contributed by atoms with E-state index in [0.717, 1.165) is 5.56 Å². The molecule has 21 heavy (non-hydrogen) atoms. The van der Waals surface area contributed by atoms with Gasteiger partial charge in [0.05, 0.1) is 12.4 Å². The van der Waals surface area contributed by atoms with Crippen LogP contribution in [-0.4, -0.2) is 28.3 Å². The standard InChI is InChI=1S/C15H19ClO4S/c1-4-20-14(18)15(2,3)13(17)10-21(19)9-11-5-7-12(16)8-6-11/h5-8H,4,9-10H2,1-3H3. The van der Waals surface area contributed by atoms with Gasteiger partial charge in [0.2, 0.25) is 0 Å². The molecule has 0 saturated heterocycles. The van der Waals surface area contributed by atoms with Gasteiger partial charge in [-0.3, -0.25) is 13.8 Å². The van der Waals surface area contributed by atoms with Gasteiger partial charge in [-0.25, -0.2) is 0 Å². The second-order valence-corrected chi connectivity index (χ2v) is 7.02. The molecule has 116 valence electrons. The molecular formula is C15H19ClO4S. The topological polar surface area (TPSA) is 60.4 Å². The van der Waals surface area contributed by atoms with E-state index in [-0.39, 0.29) is 23.9 Å². The summed E-state index contributed by atoms with van der Waals surface area (Å²) in [6, 6.07) is 6.94. The number of carbonyl (C=O) groups excluding carboxylic acids is 2. The summed E-state index contributed by atoms with van der Waals surface area (Å²) in [6.07, 6.45) is 0. The van der Waals surface area contributed by atoms with Gasteiger partial charge >= 0.3 is 5.97 Å². The van der Waals surface area contributed by atoms with E-state index in [1.807, 2.05) is 0 Å². The zero-order valence-corrected chi connectivity index (χ0v) is 13.9. The maximum atomic E-state index is 12.1. The van der Waals surface area contributed by atoms with Crippen molar-refractivity contribution in [3.63, 3.8) is 0 Å².